The molecule has 2 fully saturated rings. The molecule has 0 saturated heterocycles. The fraction of sp³-hybridized carbons (Fsp3) is 0.833. The lowest BCUT2D eigenvalue weighted by atomic mass is 10.0. The zero-order valence-corrected chi connectivity index (χ0v) is 8.42. The van der Waals surface area contributed by atoms with Crippen molar-refractivity contribution < 1.29 is 0 Å². The van der Waals surface area contributed by atoms with Crippen LogP contribution in [0.1, 0.15) is 32.1 Å². The molecule has 0 amide bonds. The molecule has 0 aromatic heterocycles. The molecule has 0 aliphatic heterocycles. The maximum Gasteiger partial charge on any atom is 0.0107 e. The Morgan fingerprint density at radius 3 is 2.69 bits per heavy atom. The summed E-state index contributed by atoms with van der Waals surface area (Å²) in [5, 5.41) is 3.43. The maximum atomic E-state index is 5.29. The maximum absolute atomic E-state index is 5.29. The van der Waals surface area contributed by atoms with Crippen LogP contribution in [0.4, 0.5) is 0 Å². The Bertz CT molecular complexity index is 206. The molecule has 2 aliphatic rings. The number of hydrogen-bond acceptors (Lipinski definition) is 1. The van der Waals surface area contributed by atoms with Crippen LogP contribution in [0.3, 0.4) is 0 Å². The van der Waals surface area contributed by atoms with E-state index in [-0.39, 0.29) is 0 Å². The minimum absolute atomic E-state index is 0.700. The number of terminal acetylenes is 1. The van der Waals surface area contributed by atoms with E-state index in [1.54, 1.807) is 0 Å². The molecule has 3 atom stereocenters. The average Bonchev–Trinajstić information content (AvgIpc) is 2.62. The average molecular weight is 177 g/mol. The Kier molecular flexibility index (Phi) is 2.60. The summed E-state index contributed by atoms with van der Waals surface area (Å²) in [6.45, 7) is 0. The van der Waals surface area contributed by atoms with Gasteiger partial charge >= 0.3 is 0 Å². The van der Waals surface area contributed by atoms with Crippen LogP contribution >= 0.6 is 0 Å². The van der Waals surface area contributed by atoms with Crippen LogP contribution in [-0.4, -0.2) is 13.1 Å². The van der Waals surface area contributed by atoms with Gasteiger partial charge in [0.1, 0.15) is 0 Å². The Morgan fingerprint density at radius 2 is 2.15 bits per heavy atom. The highest BCUT2D eigenvalue weighted by Crippen LogP contribution is 2.59. The third kappa shape index (κ3) is 1.60. The zero-order chi connectivity index (χ0) is 9.26. The van der Waals surface area contributed by atoms with Crippen LogP contribution in [0.5, 0.6) is 0 Å². The first-order chi connectivity index (χ1) is 6.38. The molecule has 0 bridgehead atoms. The molecule has 0 spiro atoms. The number of fused-ring (bicyclic) bond motifs is 1. The SMILES string of the molecule is C#CCCC(NC)C1C2CCCC21. The monoisotopic (exact) mass is 177 g/mol. The second-order valence-corrected chi connectivity index (χ2v) is 4.47. The fourth-order valence-corrected chi connectivity index (χ4v) is 3.24. The summed E-state index contributed by atoms with van der Waals surface area (Å²) < 4.78 is 0. The van der Waals surface area contributed by atoms with Crippen molar-refractivity contribution in [3.8, 4) is 12.3 Å². The molecular weight excluding hydrogens is 158 g/mol. The van der Waals surface area contributed by atoms with Crippen LogP contribution in [0.15, 0.2) is 0 Å². The van der Waals surface area contributed by atoms with E-state index in [0.29, 0.717) is 6.04 Å². The van der Waals surface area contributed by atoms with Crippen LogP contribution in [-0.2, 0) is 0 Å². The zero-order valence-electron chi connectivity index (χ0n) is 8.42. The van der Waals surface area contributed by atoms with Gasteiger partial charge in [-0.3, -0.25) is 0 Å². The molecule has 1 heteroatoms. The molecule has 1 N–H and O–H groups in total. The van der Waals surface area contributed by atoms with E-state index in [9.17, 15) is 0 Å². The van der Waals surface area contributed by atoms with Crippen molar-refractivity contribution in [1.29, 1.82) is 0 Å². The van der Waals surface area contributed by atoms with Gasteiger partial charge in [-0.2, -0.15) is 0 Å². The number of nitrogens with one attached hydrogen (secondary N) is 1. The first-order valence-electron chi connectivity index (χ1n) is 5.49. The quantitative estimate of drug-likeness (QED) is 0.648. The van der Waals surface area contributed by atoms with Gasteiger partial charge in [-0.25, -0.2) is 0 Å². The topological polar surface area (TPSA) is 12.0 Å². The van der Waals surface area contributed by atoms with E-state index in [0.717, 1.165) is 24.2 Å². The minimum atomic E-state index is 0.700. The van der Waals surface area contributed by atoms with Crippen molar-refractivity contribution >= 4 is 0 Å². The van der Waals surface area contributed by atoms with Gasteiger partial charge in [-0.05, 0) is 44.1 Å². The second kappa shape index (κ2) is 3.72. The molecule has 0 radical (unpaired) electrons. The summed E-state index contributed by atoms with van der Waals surface area (Å²) in [5.41, 5.74) is 0. The molecule has 72 valence electrons. The molecule has 2 aliphatic carbocycles. The van der Waals surface area contributed by atoms with Crippen molar-refractivity contribution in [2.24, 2.45) is 17.8 Å². The second-order valence-electron chi connectivity index (χ2n) is 4.47. The van der Waals surface area contributed by atoms with Crippen molar-refractivity contribution in [2.75, 3.05) is 7.05 Å². The van der Waals surface area contributed by atoms with E-state index in [1.807, 2.05) is 0 Å². The van der Waals surface area contributed by atoms with Gasteiger partial charge < -0.3 is 5.32 Å². The molecular formula is C12H19N. The molecule has 2 saturated carbocycles. The summed E-state index contributed by atoms with van der Waals surface area (Å²) >= 11 is 0. The predicted molar refractivity (Wildman–Crippen MR) is 55.2 cm³/mol. The Hall–Kier alpha value is -0.480. The highest BCUT2D eigenvalue weighted by molar-refractivity contribution is 5.06. The van der Waals surface area contributed by atoms with E-state index in [4.69, 9.17) is 6.42 Å². The van der Waals surface area contributed by atoms with Gasteiger partial charge in [0, 0.05) is 12.5 Å². The van der Waals surface area contributed by atoms with Gasteiger partial charge in [-0.15, -0.1) is 12.3 Å². The Labute approximate surface area is 81.3 Å². The summed E-state index contributed by atoms with van der Waals surface area (Å²) in [7, 11) is 2.08. The molecule has 3 unspecified atom stereocenters. The van der Waals surface area contributed by atoms with Crippen molar-refractivity contribution in [3.05, 3.63) is 0 Å². The minimum Gasteiger partial charge on any atom is -0.317 e. The predicted octanol–water partition coefficient (Wildman–Crippen LogP) is 2.03. The molecule has 0 heterocycles. The van der Waals surface area contributed by atoms with Crippen molar-refractivity contribution in [3.63, 3.8) is 0 Å². The highest BCUT2D eigenvalue weighted by Gasteiger charge is 2.54. The van der Waals surface area contributed by atoms with Crippen molar-refractivity contribution in [1.82, 2.24) is 5.32 Å². The largest absolute Gasteiger partial charge is 0.317 e. The third-order valence-electron chi connectivity index (χ3n) is 3.91. The van der Waals surface area contributed by atoms with Gasteiger partial charge in [-0.1, -0.05) is 6.42 Å². The normalized spacial score (nSPS) is 38.0. The van der Waals surface area contributed by atoms with Crippen LogP contribution < -0.4 is 5.32 Å². The third-order valence-corrected chi connectivity index (χ3v) is 3.91. The summed E-state index contributed by atoms with van der Waals surface area (Å²) in [6, 6.07) is 0.700. The van der Waals surface area contributed by atoms with Crippen molar-refractivity contribution in [2.45, 2.75) is 38.1 Å². The molecule has 13 heavy (non-hydrogen) atoms. The van der Waals surface area contributed by atoms with Gasteiger partial charge in [0.05, 0.1) is 0 Å². The van der Waals surface area contributed by atoms with E-state index in [2.05, 4.69) is 18.3 Å². The number of hydrogen-bond donors (Lipinski definition) is 1. The standard InChI is InChI=1S/C12H19N/c1-3-4-8-11(13-2)12-9-6-5-7-10(9)12/h1,9-13H,4-8H2,2H3. The fourth-order valence-electron chi connectivity index (χ4n) is 3.24. The summed E-state index contributed by atoms with van der Waals surface area (Å²) in [5.74, 6) is 5.81. The molecule has 0 aromatic carbocycles. The number of rotatable bonds is 4. The smallest absolute Gasteiger partial charge is 0.0107 e. The van der Waals surface area contributed by atoms with Crippen LogP contribution in [0, 0.1) is 30.1 Å². The molecule has 1 nitrogen and oxygen atoms in total. The Morgan fingerprint density at radius 1 is 1.46 bits per heavy atom. The van der Waals surface area contributed by atoms with Gasteiger partial charge in [0.15, 0.2) is 0 Å². The Balaban J connectivity index is 1.82. The van der Waals surface area contributed by atoms with Crippen LogP contribution in [0.2, 0.25) is 0 Å². The lowest BCUT2D eigenvalue weighted by Crippen LogP contribution is -2.29. The van der Waals surface area contributed by atoms with Gasteiger partial charge in [0.2, 0.25) is 0 Å². The highest BCUT2D eigenvalue weighted by atomic mass is 14.9. The summed E-state index contributed by atoms with van der Waals surface area (Å²) in [4.78, 5) is 0. The van der Waals surface area contributed by atoms with Gasteiger partial charge in [0.25, 0.3) is 0 Å². The summed E-state index contributed by atoms with van der Waals surface area (Å²) in [6.07, 6.45) is 11.8. The first-order valence-corrected chi connectivity index (χ1v) is 5.49. The van der Waals surface area contributed by atoms with Crippen LogP contribution in [0.25, 0.3) is 0 Å². The van der Waals surface area contributed by atoms with E-state index in [1.165, 1.54) is 25.7 Å². The molecule has 2 rings (SSSR count). The van der Waals surface area contributed by atoms with E-state index >= 15 is 0 Å². The van der Waals surface area contributed by atoms with E-state index < -0.39 is 0 Å². The first kappa shape index (κ1) is 9.09. The lowest BCUT2D eigenvalue weighted by molar-refractivity contribution is 0.412. The lowest BCUT2D eigenvalue weighted by Gasteiger charge is -2.16. The molecule has 0 aromatic rings.